The molecule has 19 heavy (non-hydrogen) atoms. The van der Waals surface area contributed by atoms with Crippen LogP contribution in [0.1, 0.15) is 46.9 Å². The van der Waals surface area contributed by atoms with Gasteiger partial charge < -0.3 is 10.4 Å². The summed E-state index contributed by atoms with van der Waals surface area (Å²) in [5.41, 5.74) is 0.873. The molecule has 0 unspecified atom stereocenters. The Balaban J connectivity index is 1.99. The van der Waals surface area contributed by atoms with Crippen LogP contribution in [0.4, 0.5) is 0 Å². The molecule has 1 aromatic carbocycles. The van der Waals surface area contributed by atoms with Gasteiger partial charge in [-0.25, -0.2) is 4.79 Å². The maximum Gasteiger partial charge on any atom is 0.335 e. The van der Waals surface area contributed by atoms with Crippen molar-refractivity contribution in [3.05, 3.63) is 33.8 Å². The summed E-state index contributed by atoms with van der Waals surface area (Å²) < 4.78 is 0.590. The Kier molecular flexibility index (Phi) is 3.94. The van der Waals surface area contributed by atoms with Gasteiger partial charge in [-0.1, -0.05) is 22.9 Å². The molecule has 0 saturated heterocycles. The third-order valence-electron chi connectivity index (χ3n) is 3.52. The first-order valence-electron chi connectivity index (χ1n) is 6.22. The summed E-state index contributed by atoms with van der Waals surface area (Å²) in [6.45, 7) is 2.84. The molecule has 102 valence electrons. The van der Waals surface area contributed by atoms with Gasteiger partial charge in [0.05, 0.1) is 5.56 Å². The number of hydrogen-bond acceptors (Lipinski definition) is 2. The lowest BCUT2D eigenvalue weighted by Gasteiger charge is -2.10. The number of halogens is 1. The Morgan fingerprint density at radius 3 is 2.53 bits per heavy atom. The largest absolute Gasteiger partial charge is 0.478 e. The molecule has 1 fully saturated rings. The van der Waals surface area contributed by atoms with Crippen LogP contribution in [0.25, 0.3) is 0 Å². The lowest BCUT2D eigenvalue weighted by molar-refractivity contribution is 0.0697. The number of carboxylic acid groups (broad SMARTS) is 1. The monoisotopic (exact) mass is 325 g/mol. The van der Waals surface area contributed by atoms with E-state index in [1.165, 1.54) is 25.0 Å². The minimum absolute atomic E-state index is 0.105. The summed E-state index contributed by atoms with van der Waals surface area (Å²) in [6, 6.07) is 4.49. The van der Waals surface area contributed by atoms with Gasteiger partial charge in [0.1, 0.15) is 0 Å². The van der Waals surface area contributed by atoms with Gasteiger partial charge in [-0.05, 0) is 42.9 Å². The molecular weight excluding hydrogens is 310 g/mol. The summed E-state index contributed by atoms with van der Waals surface area (Å²) in [4.78, 5) is 22.9. The maximum atomic E-state index is 12.0. The van der Waals surface area contributed by atoms with Gasteiger partial charge in [0, 0.05) is 16.6 Å². The van der Waals surface area contributed by atoms with Crippen LogP contribution < -0.4 is 5.32 Å². The fraction of sp³-hybridized carbons (Fsp3) is 0.429. The molecule has 0 aliphatic heterocycles. The Morgan fingerprint density at radius 1 is 1.32 bits per heavy atom. The normalized spacial score (nSPS) is 15.9. The highest BCUT2D eigenvalue weighted by molar-refractivity contribution is 9.10. The zero-order valence-corrected chi connectivity index (χ0v) is 12.3. The van der Waals surface area contributed by atoms with E-state index in [0.717, 1.165) is 6.42 Å². The molecule has 0 radical (unpaired) electrons. The first kappa shape index (κ1) is 14.1. The van der Waals surface area contributed by atoms with E-state index in [-0.39, 0.29) is 11.5 Å². The fourth-order valence-electron chi connectivity index (χ4n) is 1.89. The van der Waals surface area contributed by atoms with Crippen molar-refractivity contribution in [1.29, 1.82) is 0 Å². The molecule has 1 aromatic rings. The summed E-state index contributed by atoms with van der Waals surface area (Å²) in [5.74, 6) is -1.27. The predicted molar refractivity (Wildman–Crippen MR) is 75.4 cm³/mol. The minimum Gasteiger partial charge on any atom is -0.478 e. The van der Waals surface area contributed by atoms with E-state index in [4.69, 9.17) is 5.11 Å². The van der Waals surface area contributed by atoms with Crippen LogP contribution in [0.3, 0.4) is 0 Å². The van der Waals surface area contributed by atoms with E-state index in [9.17, 15) is 9.59 Å². The molecular formula is C14H16BrNO3. The molecule has 0 heterocycles. The molecule has 0 spiro atoms. The van der Waals surface area contributed by atoms with Crippen LogP contribution in [0, 0.1) is 5.41 Å². The van der Waals surface area contributed by atoms with Crippen molar-refractivity contribution < 1.29 is 14.7 Å². The van der Waals surface area contributed by atoms with Crippen molar-refractivity contribution in [2.45, 2.75) is 26.2 Å². The van der Waals surface area contributed by atoms with Crippen LogP contribution in [-0.2, 0) is 0 Å². The number of nitrogens with one attached hydrogen (secondary N) is 1. The van der Waals surface area contributed by atoms with E-state index < -0.39 is 5.97 Å². The van der Waals surface area contributed by atoms with E-state index in [1.807, 2.05) is 0 Å². The number of rotatable bonds is 5. The third kappa shape index (κ3) is 3.80. The van der Waals surface area contributed by atoms with Crippen LogP contribution in [0.5, 0.6) is 0 Å². The van der Waals surface area contributed by atoms with Crippen molar-refractivity contribution in [2.24, 2.45) is 5.41 Å². The second-order valence-electron chi connectivity index (χ2n) is 5.35. The summed E-state index contributed by atoms with van der Waals surface area (Å²) in [5, 5.41) is 11.8. The van der Waals surface area contributed by atoms with Crippen LogP contribution in [-0.4, -0.2) is 23.5 Å². The van der Waals surface area contributed by atoms with Crippen molar-refractivity contribution in [2.75, 3.05) is 6.54 Å². The molecule has 1 aliphatic carbocycles. The molecule has 0 bridgehead atoms. The molecule has 2 N–H and O–H groups in total. The van der Waals surface area contributed by atoms with E-state index in [2.05, 4.69) is 28.2 Å². The van der Waals surface area contributed by atoms with Gasteiger partial charge in [-0.3, -0.25) is 4.79 Å². The summed E-state index contributed by atoms with van der Waals surface area (Å²) >= 11 is 3.22. The lowest BCUT2D eigenvalue weighted by atomic mass is 10.1. The SMILES string of the molecule is CC1(CCNC(=O)c2cc(Br)cc(C(=O)O)c2)CC1. The van der Waals surface area contributed by atoms with Gasteiger partial charge in [0.15, 0.2) is 0 Å². The number of carboxylic acids is 1. The Hall–Kier alpha value is -1.36. The van der Waals surface area contributed by atoms with Crippen molar-refractivity contribution >= 4 is 27.8 Å². The number of benzene rings is 1. The molecule has 4 nitrogen and oxygen atoms in total. The lowest BCUT2D eigenvalue weighted by Crippen LogP contribution is -2.26. The zero-order chi connectivity index (χ0) is 14.0. The van der Waals surface area contributed by atoms with Gasteiger partial charge >= 0.3 is 5.97 Å². The van der Waals surface area contributed by atoms with E-state index in [0.29, 0.717) is 22.0 Å². The standard InChI is InChI=1S/C14H16BrNO3/c1-14(2-3-14)4-5-16-12(17)9-6-10(13(18)19)8-11(15)7-9/h6-8H,2-5H2,1H3,(H,16,17)(H,18,19). The highest BCUT2D eigenvalue weighted by Crippen LogP contribution is 2.47. The van der Waals surface area contributed by atoms with Crippen molar-refractivity contribution in [3.8, 4) is 0 Å². The quantitative estimate of drug-likeness (QED) is 0.874. The van der Waals surface area contributed by atoms with E-state index >= 15 is 0 Å². The minimum atomic E-state index is -1.04. The number of carbonyl (C=O) groups excluding carboxylic acids is 1. The Labute approximate surface area is 120 Å². The summed E-state index contributed by atoms with van der Waals surface area (Å²) in [7, 11) is 0. The zero-order valence-electron chi connectivity index (χ0n) is 10.7. The first-order chi connectivity index (χ1) is 8.89. The number of hydrogen-bond donors (Lipinski definition) is 2. The van der Waals surface area contributed by atoms with Gasteiger partial charge in [0.2, 0.25) is 0 Å². The smallest absolute Gasteiger partial charge is 0.335 e. The van der Waals surface area contributed by atoms with Crippen LogP contribution in [0.2, 0.25) is 0 Å². The predicted octanol–water partition coefficient (Wildman–Crippen LogP) is 3.07. The molecule has 0 aromatic heterocycles. The topological polar surface area (TPSA) is 66.4 Å². The second-order valence-corrected chi connectivity index (χ2v) is 6.27. The van der Waals surface area contributed by atoms with Gasteiger partial charge in [-0.15, -0.1) is 0 Å². The number of aromatic carboxylic acids is 1. The van der Waals surface area contributed by atoms with Crippen molar-refractivity contribution in [3.63, 3.8) is 0 Å². The van der Waals surface area contributed by atoms with Gasteiger partial charge in [-0.2, -0.15) is 0 Å². The van der Waals surface area contributed by atoms with Crippen molar-refractivity contribution in [1.82, 2.24) is 5.32 Å². The molecule has 1 amide bonds. The average molecular weight is 326 g/mol. The van der Waals surface area contributed by atoms with Gasteiger partial charge in [0.25, 0.3) is 5.91 Å². The Morgan fingerprint density at radius 2 is 1.95 bits per heavy atom. The molecule has 2 rings (SSSR count). The fourth-order valence-corrected chi connectivity index (χ4v) is 2.38. The molecule has 1 aliphatic rings. The summed E-state index contributed by atoms with van der Waals surface area (Å²) in [6.07, 6.45) is 3.42. The molecule has 1 saturated carbocycles. The first-order valence-corrected chi connectivity index (χ1v) is 7.01. The number of carbonyl (C=O) groups is 2. The van der Waals surface area contributed by atoms with Crippen LogP contribution >= 0.6 is 15.9 Å². The molecule has 0 atom stereocenters. The number of amides is 1. The highest BCUT2D eigenvalue weighted by Gasteiger charge is 2.36. The highest BCUT2D eigenvalue weighted by atomic mass is 79.9. The van der Waals surface area contributed by atoms with Crippen LogP contribution in [0.15, 0.2) is 22.7 Å². The Bertz CT molecular complexity index is 523. The average Bonchev–Trinajstić information content (AvgIpc) is 3.06. The maximum absolute atomic E-state index is 12.0. The third-order valence-corrected chi connectivity index (χ3v) is 3.98. The van der Waals surface area contributed by atoms with E-state index in [1.54, 1.807) is 6.07 Å². The molecule has 5 heteroatoms. The second kappa shape index (κ2) is 5.33.